The van der Waals surface area contributed by atoms with Crippen molar-refractivity contribution in [3.63, 3.8) is 0 Å². The third-order valence-corrected chi connectivity index (χ3v) is 6.73. The Hall–Kier alpha value is -1.97. The standard InChI is InChI=1S/C20H29N3O4S2/c1-14-13-28-18(22-14)8-6-7-11-21-19(24)15-9-10-16(27-5)17(12-15)29(25,26)23-20(2,3)4/h9-10,12-13,23H,6-8,11H2,1-5H3,(H,21,24). The first-order valence-corrected chi connectivity index (χ1v) is 11.8. The molecular weight excluding hydrogens is 410 g/mol. The number of ether oxygens (including phenoxy) is 1. The number of nitrogens with one attached hydrogen (secondary N) is 2. The van der Waals surface area contributed by atoms with E-state index in [-0.39, 0.29) is 22.1 Å². The zero-order valence-electron chi connectivity index (χ0n) is 17.5. The van der Waals surface area contributed by atoms with Crippen LogP contribution >= 0.6 is 11.3 Å². The maximum absolute atomic E-state index is 12.7. The number of thiazole rings is 1. The number of rotatable bonds is 9. The van der Waals surface area contributed by atoms with E-state index in [0.717, 1.165) is 30.0 Å². The third kappa shape index (κ3) is 7.09. The third-order valence-electron chi connectivity index (χ3n) is 3.93. The van der Waals surface area contributed by atoms with Crippen molar-refractivity contribution in [3.8, 4) is 5.75 Å². The Morgan fingerprint density at radius 2 is 1.97 bits per heavy atom. The molecule has 0 saturated heterocycles. The van der Waals surface area contributed by atoms with E-state index >= 15 is 0 Å². The van der Waals surface area contributed by atoms with Crippen LogP contribution < -0.4 is 14.8 Å². The molecule has 2 rings (SSSR count). The van der Waals surface area contributed by atoms with E-state index in [2.05, 4.69) is 15.0 Å². The van der Waals surface area contributed by atoms with Gasteiger partial charge in [0, 0.05) is 28.7 Å². The summed E-state index contributed by atoms with van der Waals surface area (Å²) < 4.78 is 33.2. The van der Waals surface area contributed by atoms with Gasteiger partial charge in [-0.15, -0.1) is 11.3 Å². The predicted molar refractivity (Wildman–Crippen MR) is 115 cm³/mol. The molecular formula is C20H29N3O4S2. The van der Waals surface area contributed by atoms with Crippen molar-refractivity contribution in [3.05, 3.63) is 39.8 Å². The topological polar surface area (TPSA) is 97.4 Å². The van der Waals surface area contributed by atoms with Crippen LogP contribution in [0.25, 0.3) is 0 Å². The van der Waals surface area contributed by atoms with Crippen LogP contribution in [0, 0.1) is 6.92 Å². The van der Waals surface area contributed by atoms with Gasteiger partial charge >= 0.3 is 0 Å². The fourth-order valence-corrected chi connectivity index (χ4v) is 5.14. The van der Waals surface area contributed by atoms with Gasteiger partial charge in [0.2, 0.25) is 10.0 Å². The molecule has 2 N–H and O–H groups in total. The molecule has 0 atom stereocenters. The number of aromatic nitrogens is 1. The molecule has 9 heteroatoms. The van der Waals surface area contributed by atoms with Gasteiger partial charge in [0.1, 0.15) is 10.6 Å². The van der Waals surface area contributed by atoms with Crippen LogP contribution in [0.2, 0.25) is 0 Å². The summed E-state index contributed by atoms with van der Waals surface area (Å²) in [5.41, 5.74) is 0.651. The Balaban J connectivity index is 1.99. The maximum atomic E-state index is 12.7. The Labute approximate surface area is 176 Å². The second-order valence-corrected chi connectivity index (χ2v) is 10.4. The number of carbonyl (C=O) groups is 1. The number of hydrogen-bond donors (Lipinski definition) is 2. The summed E-state index contributed by atoms with van der Waals surface area (Å²) in [6, 6.07) is 4.40. The number of carbonyl (C=O) groups excluding carboxylic acids is 1. The Morgan fingerprint density at radius 3 is 2.55 bits per heavy atom. The van der Waals surface area contributed by atoms with Crippen LogP contribution in [-0.2, 0) is 16.4 Å². The van der Waals surface area contributed by atoms with Gasteiger partial charge < -0.3 is 10.1 Å². The van der Waals surface area contributed by atoms with Crippen LogP contribution in [0.4, 0.5) is 0 Å². The summed E-state index contributed by atoms with van der Waals surface area (Å²) in [6.45, 7) is 7.74. The van der Waals surface area contributed by atoms with E-state index in [4.69, 9.17) is 4.74 Å². The van der Waals surface area contributed by atoms with Crippen LogP contribution in [0.3, 0.4) is 0 Å². The van der Waals surface area contributed by atoms with Crippen molar-refractivity contribution in [2.24, 2.45) is 0 Å². The number of unbranched alkanes of at least 4 members (excludes halogenated alkanes) is 1. The maximum Gasteiger partial charge on any atom is 0.251 e. The Morgan fingerprint density at radius 1 is 1.24 bits per heavy atom. The van der Waals surface area contributed by atoms with Crippen LogP contribution in [0.15, 0.2) is 28.5 Å². The molecule has 0 unspecified atom stereocenters. The molecule has 1 amide bonds. The van der Waals surface area contributed by atoms with Gasteiger partial charge in [0.05, 0.1) is 12.1 Å². The molecule has 0 aliphatic heterocycles. The molecule has 0 fully saturated rings. The normalized spacial score (nSPS) is 12.0. The highest BCUT2D eigenvalue weighted by molar-refractivity contribution is 7.89. The lowest BCUT2D eigenvalue weighted by atomic mass is 10.1. The van der Waals surface area contributed by atoms with Gasteiger partial charge in [-0.2, -0.15) is 0 Å². The van der Waals surface area contributed by atoms with Crippen LogP contribution in [0.5, 0.6) is 5.75 Å². The number of hydrogen-bond acceptors (Lipinski definition) is 6. The lowest BCUT2D eigenvalue weighted by Gasteiger charge is -2.21. The zero-order valence-corrected chi connectivity index (χ0v) is 19.2. The van der Waals surface area contributed by atoms with Gasteiger partial charge in [-0.1, -0.05) is 0 Å². The molecule has 0 bridgehead atoms. The summed E-state index contributed by atoms with van der Waals surface area (Å²) in [5.74, 6) is -0.123. The van der Waals surface area contributed by atoms with Gasteiger partial charge in [-0.05, 0) is 65.2 Å². The highest BCUT2D eigenvalue weighted by atomic mass is 32.2. The SMILES string of the molecule is COc1ccc(C(=O)NCCCCc2nc(C)cs2)cc1S(=O)(=O)NC(C)(C)C. The smallest absolute Gasteiger partial charge is 0.251 e. The number of methoxy groups -OCH3 is 1. The van der Waals surface area contributed by atoms with Gasteiger partial charge in [0.25, 0.3) is 5.91 Å². The molecule has 7 nitrogen and oxygen atoms in total. The molecule has 0 aliphatic carbocycles. The summed E-state index contributed by atoms with van der Waals surface area (Å²) in [5, 5.41) is 5.97. The van der Waals surface area contributed by atoms with E-state index in [0.29, 0.717) is 6.54 Å². The molecule has 160 valence electrons. The van der Waals surface area contributed by atoms with Crippen molar-refractivity contribution in [1.29, 1.82) is 0 Å². The van der Waals surface area contributed by atoms with E-state index < -0.39 is 15.6 Å². The van der Waals surface area contributed by atoms with Crippen molar-refractivity contribution in [2.75, 3.05) is 13.7 Å². The lowest BCUT2D eigenvalue weighted by Crippen LogP contribution is -2.40. The average Bonchev–Trinajstić information content (AvgIpc) is 3.04. The molecule has 1 aromatic heterocycles. The molecule has 1 aromatic carbocycles. The minimum absolute atomic E-state index is 0.0540. The molecule has 0 saturated carbocycles. The second kappa shape index (κ2) is 9.69. The number of amides is 1. The predicted octanol–water partition coefficient (Wildman–Crippen LogP) is 3.29. The minimum atomic E-state index is -3.84. The van der Waals surface area contributed by atoms with Crippen LogP contribution in [-0.4, -0.2) is 38.5 Å². The fourth-order valence-electron chi connectivity index (χ4n) is 2.71. The number of sulfonamides is 1. The van der Waals surface area contributed by atoms with Gasteiger partial charge in [-0.25, -0.2) is 18.1 Å². The van der Waals surface area contributed by atoms with Crippen molar-refractivity contribution >= 4 is 27.3 Å². The second-order valence-electron chi connectivity index (χ2n) is 7.82. The molecule has 0 aliphatic rings. The Bertz CT molecular complexity index is 947. The fraction of sp³-hybridized carbons (Fsp3) is 0.500. The quantitative estimate of drug-likeness (QED) is 0.585. The minimum Gasteiger partial charge on any atom is -0.495 e. The first kappa shape index (κ1) is 23.3. The van der Waals surface area contributed by atoms with E-state index in [1.165, 1.54) is 19.2 Å². The van der Waals surface area contributed by atoms with Crippen molar-refractivity contribution in [2.45, 2.75) is 57.4 Å². The highest BCUT2D eigenvalue weighted by Gasteiger charge is 2.26. The van der Waals surface area contributed by atoms with E-state index in [9.17, 15) is 13.2 Å². The Kier molecular flexibility index (Phi) is 7.79. The van der Waals surface area contributed by atoms with E-state index in [1.807, 2.05) is 12.3 Å². The summed E-state index contributed by atoms with van der Waals surface area (Å²) in [6.07, 6.45) is 2.63. The van der Waals surface area contributed by atoms with Gasteiger partial charge in [0.15, 0.2) is 0 Å². The zero-order chi connectivity index (χ0) is 21.7. The molecule has 1 heterocycles. The summed E-state index contributed by atoms with van der Waals surface area (Å²) >= 11 is 1.65. The van der Waals surface area contributed by atoms with Crippen LogP contribution in [0.1, 0.15) is 54.7 Å². The first-order chi connectivity index (χ1) is 13.5. The van der Waals surface area contributed by atoms with Gasteiger partial charge in [-0.3, -0.25) is 4.79 Å². The number of nitrogens with zero attached hydrogens (tertiary/aromatic N) is 1. The summed E-state index contributed by atoms with van der Waals surface area (Å²) in [7, 11) is -2.44. The monoisotopic (exact) mass is 439 g/mol. The molecule has 0 spiro atoms. The van der Waals surface area contributed by atoms with Crippen molar-refractivity contribution < 1.29 is 17.9 Å². The molecule has 2 aromatic rings. The molecule has 0 radical (unpaired) electrons. The highest BCUT2D eigenvalue weighted by Crippen LogP contribution is 2.26. The first-order valence-electron chi connectivity index (χ1n) is 9.43. The average molecular weight is 440 g/mol. The lowest BCUT2D eigenvalue weighted by molar-refractivity contribution is 0.0952. The molecule has 29 heavy (non-hydrogen) atoms. The summed E-state index contributed by atoms with van der Waals surface area (Å²) in [4.78, 5) is 16.8. The number of benzene rings is 1. The number of aryl methyl sites for hydroxylation is 2. The van der Waals surface area contributed by atoms with E-state index in [1.54, 1.807) is 38.2 Å². The van der Waals surface area contributed by atoms with Crippen molar-refractivity contribution in [1.82, 2.24) is 15.0 Å². The largest absolute Gasteiger partial charge is 0.495 e.